The Morgan fingerprint density at radius 2 is 1.92 bits per heavy atom. The van der Waals surface area contributed by atoms with Crippen molar-refractivity contribution in [3.05, 3.63) is 56.8 Å². The van der Waals surface area contributed by atoms with Crippen LogP contribution in [0.2, 0.25) is 10.0 Å². The predicted molar refractivity (Wildman–Crippen MR) is 103 cm³/mol. The molecule has 0 radical (unpaired) electrons. The second-order valence-corrected chi connectivity index (χ2v) is 7.12. The number of ether oxygens (including phenoxy) is 1. The van der Waals surface area contributed by atoms with Crippen LogP contribution < -0.4 is 9.54 Å². The van der Waals surface area contributed by atoms with Crippen LogP contribution in [0.5, 0.6) is 5.75 Å². The lowest BCUT2D eigenvalue weighted by atomic mass is 10.2. The number of halogens is 2. The number of aromatic nitrogens is 1. The molecule has 0 unspecified atom stereocenters. The van der Waals surface area contributed by atoms with Gasteiger partial charge in [0, 0.05) is 22.2 Å². The standard InChI is InChI=1S/C18H16Cl2N2O2S/c1-3-22-16-14(24-4-2)6-5-7-15(16)25-18(22)21-17(23)11-8-12(19)10-13(20)9-11/h5-10H,3-4H2,1-2H3. The number of thiazole rings is 1. The number of rotatable bonds is 4. The number of benzene rings is 2. The Morgan fingerprint density at radius 3 is 2.56 bits per heavy atom. The van der Waals surface area contributed by atoms with E-state index in [0.29, 0.717) is 33.6 Å². The van der Waals surface area contributed by atoms with Gasteiger partial charge in [-0.1, -0.05) is 40.6 Å². The molecule has 0 aliphatic rings. The van der Waals surface area contributed by atoms with E-state index in [2.05, 4.69) is 4.99 Å². The van der Waals surface area contributed by atoms with Gasteiger partial charge in [0.1, 0.15) is 11.3 Å². The Morgan fingerprint density at radius 1 is 1.20 bits per heavy atom. The topological polar surface area (TPSA) is 43.6 Å². The van der Waals surface area contributed by atoms with Crippen LogP contribution >= 0.6 is 34.5 Å². The average Bonchev–Trinajstić information content (AvgIpc) is 2.92. The molecular formula is C18H16Cl2N2O2S. The lowest BCUT2D eigenvalue weighted by molar-refractivity contribution is 0.0998. The van der Waals surface area contributed by atoms with Crippen molar-refractivity contribution in [2.24, 2.45) is 4.99 Å². The summed E-state index contributed by atoms with van der Waals surface area (Å²) in [4.78, 5) is 17.5. The highest BCUT2D eigenvalue weighted by molar-refractivity contribution is 7.16. The van der Waals surface area contributed by atoms with Crippen LogP contribution in [0.15, 0.2) is 41.4 Å². The summed E-state index contributed by atoms with van der Waals surface area (Å²) in [5.41, 5.74) is 1.31. The lowest BCUT2D eigenvalue weighted by Gasteiger charge is -2.07. The number of aryl methyl sites for hydroxylation is 1. The van der Waals surface area contributed by atoms with Crippen LogP contribution in [0, 0.1) is 0 Å². The van der Waals surface area contributed by atoms with Crippen molar-refractivity contribution >= 4 is 50.7 Å². The molecule has 130 valence electrons. The van der Waals surface area contributed by atoms with Gasteiger partial charge in [-0.25, -0.2) is 0 Å². The van der Waals surface area contributed by atoms with E-state index in [-0.39, 0.29) is 5.91 Å². The molecule has 25 heavy (non-hydrogen) atoms. The molecule has 0 aliphatic heterocycles. The summed E-state index contributed by atoms with van der Waals surface area (Å²) in [5, 5.41) is 0.814. The molecule has 2 aromatic carbocycles. The highest BCUT2D eigenvalue weighted by Gasteiger charge is 2.13. The van der Waals surface area contributed by atoms with Crippen LogP contribution in [0.3, 0.4) is 0 Å². The largest absolute Gasteiger partial charge is 0.492 e. The van der Waals surface area contributed by atoms with Crippen LogP contribution in [0.1, 0.15) is 24.2 Å². The number of nitrogens with zero attached hydrogens (tertiary/aromatic N) is 2. The Labute approximate surface area is 159 Å². The third kappa shape index (κ3) is 3.73. The summed E-state index contributed by atoms with van der Waals surface area (Å²) in [5.74, 6) is 0.411. The summed E-state index contributed by atoms with van der Waals surface area (Å²) in [7, 11) is 0. The quantitative estimate of drug-likeness (QED) is 0.612. The number of hydrogen-bond acceptors (Lipinski definition) is 3. The molecule has 0 saturated heterocycles. The first-order chi connectivity index (χ1) is 12.0. The molecule has 7 heteroatoms. The van der Waals surface area contributed by atoms with E-state index in [9.17, 15) is 4.79 Å². The number of carbonyl (C=O) groups is 1. The predicted octanol–water partition coefficient (Wildman–Crippen LogP) is 5.17. The molecule has 1 amide bonds. The Balaban J connectivity index is 2.16. The summed E-state index contributed by atoms with van der Waals surface area (Å²) in [6, 6.07) is 10.6. The van der Waals surface area contributed by atoms with Crippen molar-refractivity contribution in [2.75, 3.05) is 6.61 Å². The summed E-state index contributed by atoms with van der Waals surface area (Å²) >= 11 is 13.4. The Hall–Kier alpha value is -1.82. The van der Waals surface area contributed by atoms with Gasteiger partial charge in [-0.15, -0.1) is 0 Å². The molecule has 0 aliphatic carbocycles. The van der Waals surface area contributed by atoms with Crippen molar-refractivity contribution in [2.45, 2.75) is 20.4 Å². The summed E-state index contributed by atoms with van der Waals surface area (Å²) < 4.78 is 8.72. The molecule has 0 atom stereocenters. The summed E-state index contributed by atoms with van der Waals surface area (Å²) in [6.45, 7) is 5.20. The highest BCUT2D eigenvalue weighted by atomic mass is 35.5. The van der Waals surface area contributed by atoms with Crippen molar-refractivity contribution in [3.63, 3.8) is 0 Å². The molecule has 0 fully saturated rings. The van der Waals surface area contributed by atoms with Gasteiger partial charge in [0.15, 0.2) is 4.80 Å². The number of fused-ring (bicyclic) bond motifs is 1. The fourth-order valence-corrected chi connectivity index (χ4v) is 4.21. The normalized spacial score (nSPS) is 11.9. The van der Waals surface area contributed by atoms with Crippen molar-refractivity contribution in [1.82, 2.24) is 4.57 Å². The van der Waals surface area contributed by atoms with E-state index in [4.69, 9.17) is 27.9 Å². The van der Waals surface area contributed by atoms with Crippen molar-refractivity contribution in [3.8, 4) is 5.75 Å². The van der Waals surface area contributed by atoms with Gasteiger partial charge < -0.3 is 9.30 Å². The number of amides is 1. The molecule has 3 rings (SSSR count). The second kappa shape index (κ2) is 7.60. The van der Waals surface area contributed by atoms with E-state index in [0.717, 1.165) is 16.0 Å². The maximum absolute atomic E-state index is 12.6. The number of para-hydroxylation sites is 1. The minimum atomic E-state index is -0.379. The first kappa shape index (κ1) is 18.0. The fraction of sp³-hybridized carbons (Fsp3) is 0.222. The maximum atomic E-state index is 12.6. The highest BCUT2D eigenvalue weighted by Crippen LogP contribution is 2.27. The van der Waals surface area contributed by atoms with Crippen molar-refractivity contribution < 1.29 is 9.53 Å². The van der Waals surface area contributed by atoms with E-state index < -0.39 is 0 Å². The third-order valence-corrected chi connectivity index (χ3v) is 5.07. The fourth-order valence-electron chi connectivity index (χ4n) is 2.58. The Kier molecular flexibility index (Phi) is 5.47. The van der Waals surface area contributed by atoms with Crippen molar-refractivity contribution in [1.29, 1.82) is 0 Å². The number of hydrogen-bond donors (Lipinski definition) is 0. The van der Waals surface area contributed by atoms with E-state index >= 15 is 0 Å². The first-order valence-corrected chi connectivity index (χ1v) is 9.41. The average molecular weight is 395 g/mol. The lowest BCUT2D eigenvalue weighted by Crippen LogP contribution is -2.16. The molecule has 0 bridgehead atoms. The number of carbonyl (C=O) groups excluding carboxylic acids is 1. The zero-order valence-corrected chi connectivity index (χ0v) is 16.1. The van der Waals surface area contributed by atoms with Gasteiger partial charge in [0.05, 0.1) is 11.3 Å². The third-order valence-electron chi connectivity index (χ3n) is 3.59. The van der Waals surface area contributed by atoms with E-state index in [1.54, 1.807) is 18.2 Å². The van der Waals surface area contributed by atoms with Crippen LogP contribution in [0.25, 0.3) is 10.2 Å². The van der Waals surface area contributed by atoms with Gasteiger partial charge in [-0.05, 0) is 44.2 Å². The van der Waals surface area contributed by atoms with Crippen LogP contribution in [-0.4, -0.2) is 17.1 Å². The molecule has 0 saturated carbocycles. The van der Waals surface area contributed by atoms with Gasteiger partial charge in [-0.3, -0.25) is 4.79 Å². The zero-order chi connectivity index (χ0) is 18.0. The SMILES string of the molecule is CCOc1cccc2sc(=NC(=O)c3cc(Cl)cc(Cl)c3)n(CC)c12. The molecule has 1 aromatic heterocycles. The van der Waals surface area contributed by atoms with Crippen LogP contribution in [0.4, 0.5) is 0 Å². The molecule has 0 N–H and O–H groups in total. The molecule has 1 heterocycles. The smallest absolute Gasteiger partial charge is 0.279 e. The zero-order valence-electron chi connectivity index (χ0n) is 13.8. The monoisotopic (exact) mass is 394 g/mol. The minimum Gasteiger partial charge on any atom is -0.492 e. The van der Waals surface area contributed by atoms with Crippen LogP contribution in [-0.2, 0) is 6.54 Å². The Bertz CT molecular complexity index is 988. The second-order valence-electron chi connectivity index (χ2n) is 5.24. The van der Waals surface area contributed by atoms with Gasteiger partial charge in [0.2, 0.25) is 0 Å². The van der Waals surface area contributed by atoms with Gasteiger partial charge in [-0.2, -0.15) is 4.99 Å². The molecular weight excluding hydrogens is 379 g/mol. The summed E-state index contributed by atoms with van der Waals surface area (Å²) in [6.07, 6.45) is 0. The molecule has 0 spiro atoms. The van der Waals surface area contributed by atoms with E-state index in [1.807, 2.05) is 36.6 Å². The van der Waals surface area contributed by atoms with Gasteiger partial charge in [0.25, 0.3) is 5.91 Å². The van der Waals surface area contributed by atoms with E-state index in [1.165, 1.54) is 11.3 Å². The minimum absolute atomic E-state index is 0.364. The molecule has 3 aromatic rings. The molecule has 4 nitrogen and oxygen atoms in total. The van der Waals surface area contributed by atoms with Gasteiger partial charge >= 0.3 is 0 Å². The first-order valence-electron chi connectivity index (χ1n) is 7.83. The maximum Gasteiger partial charge on any atom is 0.279 e.